The fourth-order valence-corrected chi connectivity index (χ4v) is 2.81. The van der Waals surface area contributed by atoms with Crippen LogP contribution in [0.3, 0.4) is 0 Å². The third kappa shape index (κ3) is 4.47. The molecular weight excluding hydrogens is 349 g/mol. The SMILES string of the molecule is COc1ccc(NC(=O)C(Cc2ccco2)c2ccc(F)cc2)c(OC)c1. The van der Waals surface area contributed by atoms with Gasteiger partial charge in [-0.25, -0.2) is 4.39 Å². The van der Waals surface area contributed by atoms with E-state index in [9.17, 15) is 9.18 Å². The van der Waals surface area contributed by atoms with Gasteiger partial charge in [0.1, 0.15) is 23.1 Å². The molecule has 0 saturated heterocycles. The molecule has 1 N–H and O–H groups in total. The van der Waals surface area contributed by atoms with Crippen LogP contribution >= 0.6 is 0 Å². The number of halogens is 1. The van der Waals surface area contributed by atoms with Crippen molar-refractivity contribution in [2.75, 3.05) is 19.5 Å². The second-order valence-corrected chi connectivity index (χ2v) is 5.94. The molecule has 0 bridgehead atoms. The van der Waals surface area contributed by atoms with Crippen molar-refractivity contribution in [3.8, 4) is 11.5 Å². The minimum Gasteiger partial charge on any atom is -0.497 e. The summed E-state index contributed by atoms with van der Waals surface area (Å²) in [6.45, 7) is 0. The number of hydrogen-bond acceptors (Lipinski definition) is 4. The van der Waals surface area contributed by atoms with Crippen LogP contribution in [0.1, 0.15) is 17.2 Å². The molecule has 0 aliphatic rings. The largest absolute Gasteiger partial charge is 0.497 e. The number of anilines is 1. The van der Waals surface area contributed by atoms with Crippen LogP contribution in [-0.2, 0) is 11.2 Å². The number of methoxy groups -OCH3 is 2. The topological polar surface area (TPSA) is 60.7 Å². The van der Waals surface area contributed by atoms with Gasteiger partial charge in [-0.15, -0.1) is 0 Å². The van der Waals surface area contributed by atoms with Crippen LogP contribution in [0.15, 0.2) is 65.3 Å². The fraction of sp³-hybridized carbons (Fsp3) is 0.190. The van der Waals surface area contributed by atoms with Crippen molar-refractivity contribution < 1.29 is 23.1 Å². The second kappa shape index (κ2) is 8.40. The highest BCUT2D eigenvalue weighted by Crippen LogP contribution is 2.31. The van der Waals surface area contributed by atoms with E-state index in [1.807, 2.05) is 0 Å². The van der Waals surface area contributed by atoms with E-state index in [0.29, 0.717) is 34.9 Å². The van der Waals surface area contributed by atoms with Gasteiger partial charge in [-0.1, -0.05) is 12.1 Å². The molecule has 6 heteroatoms. The number of amides is 1. The Morgan fingerprint density at radius 2 is 1.89 bits per heavy atom. The van der Waals surface area contributed by atoms with Crippen LogP contribution in [0.5, 0.6) is 11.5 Å². The summed E-state index contributed by atoms with van der Waals surface area (Å²) in [5, 5.41) is 2.88. The Hall–Kier alpha value is -3.28. The molecule has 0 saturated carbocycles. The Balaban J connectivity index is 1.87. The predicted octanol–water partition coefficient (Wildman–Crippen LogP) is 4.40. The summed E-state index contributed by atoms with van der Waals surface area (Å²) in [6, 6.07) is 14.6. The number of nitrogens with one attached hydrogen (secondary N) is 1. The molecule has 1 amide bonds. The molecule has 1 atom stereocenters. The summed E-state index contributed by atoms with van der Waals surface area (Å²) in [7, 11) is 3.08. The van der Waals surface area contributed by atoms with Crippen molar-refractivity contribution in [3.05, 3.63) is 78.0 Å². The van der Waals surface area contributed by atoms with E-state index in [2.05, 4.69) is 5.32 Å². The quantitative estimate of drug-likeness (QED) is 0.671. The van der Waals surface area contributed by atoms with Crippen LogP contribution in [0.25, 0.3) is 0 Å². The monoisotopic (exact) mass is 369 g/mol. The summed E-state index contributed by atoms with van der Waals surface area (Å²) in [6.07, 6.45) is 1.91. The Morgan fingerprint density at radius 3 is 2.52 bits per heavy atom. The normalized spacial score (nSPS) is 11.7. The predicted molar refractivity (Wildman–Crippen MR) is 99.7 cm³/mol. The van der Waals surface area contributed by atoms with Gasteiger partial charge < -0.3 is 19.2 Å². The Morgan fingerprint density at radius 1 is 1.11 bits per heavy atom. The average Bonchev–Trinajstić information content (AvgIpc) is 3.20. The van der Waals surface area contributed by atoms with Crippen LogP contribution in [0.2, 0.25) is 0 Å². The van der Waals surface area contributed by atoms with Crippen LogP contribution in [0.4, 0.5) is 10.1 Å². The average molecular weight is 369 g/mol. The van der Waals surface area contributed by atoms with Gasteiger partial charge in [0, 0.05) is 12.5 Å². The van der Waals surface area contributed by atoms with E-state index >= 15 is 0 Å². The molecular formula is C21H20FNO4. The highest BCUT2D eigenvalue weighted by atomic mass is 19.1. The lowest BCUT2D eigenvalue weighted by Crippen LogP contribution is -2.23. The number of furan rings is 1. The van der Waals surface area contributed by atoms with Crippen LogP contribution in [-0.4, -0.2) is 20.1 Å². The van der Waals surface area contributed by atoms with Gasteiger partial charge in [-0.3, -0.25) is 4.79 Å². The van der Waals surface area contributed by atoms with Gasteiger partial charge >= 0.3 is 0 Å². The number of hydrogen-bond donors (Lipinski definition) is 1. The second-order valence-electron chi connectivity index (χ2n) is 5.94. The summed E-state index contributed by atoms with van der Waals surface area (Å²) >= 11 is 0. The first-order valence-electron chi connectivity index (χ1n) is 8.41. The summed E-state index contributed by atoms with van der Waals surface area (Å²) < 4.78 is 29.2. The van der Waals surface area contributed by atoms with Crippen molar-refractivity contribution in [1.29, 1.82) is 0 Å². The molecule has 0 fully saturated rings. The lowest BCUT2D eigenvalue weighted by atomic mass is 9.93. The summed E-state index contributed by atoms with van der Waals surface area (Å²) in [5.74, 6) is 0.619. The summed E-state index contributed by atoms with van der Waals surface area (Å²) in [4.78, 5) is 13.0. The minimum atomic E-state index is -0.552. The van der Waals surface area contributed by atoms with Crippen molar-refractivity contribution in [2.45, 2.75) is 12.3 Å². The Labute approximate surface area is 156 Å². The smallest absolute Gasteiger partial charge is 0.232 e. The standard InChI is InChI=1S/C21H20FNO4/c1-25-16-9-10-19(20(13-16)26-2)23-21(24)18(12-17-4-3-11-27-17)14-5-7-15(22)8-6-14/h3-11,13,18H,12H2,1-2H3,(H,23,24). The molecule has 1 heterocycles. The van der Waals surface area contributed by atoms with Crippen molar-refractivity contribution in [1.82, 2.24) is 0 Å². The third-order valence-corrected chi connectivity index (χ3v) is 4.24. The van der Waals surface area contributed by atoms with E-state index in [4.69, 9.17) is 13.9 Å². The highest BCUT2D eigenvalue weighted by Gasteiger charge is 2.23. The Kier molecular flexibility index (Phi) is 5.76. The molecule has 27 heavy (non-hydrogen) atoms. The maximum absolute atomic E-state index is 13.3. The first-order chi connectivity index (χ1) is 13.1. The van der Waals surface area contributed by atoms with E-state index in [1.54, 1.807) is 55.8 Å². The molecule has 0 aliphatic carbocycles. The van der Waals surface area contributed by atoms with Gasteiger partial charge in [0.25, 0.3) is 0 Å². The van der Waals surface area contributed by atoms with Crippen molar-refractivity contribution in [3.63, 3.8) is 0 Å². The number of carbonyl (C=O) groups is 1. The van der Waals surface area contributed by atoms with E-state index in [1.165, 1.54) is 19.2 Å². The number of benzene rings is 2. The minimum absolute atomic E-state index is 0.249. The molecule has 0 radical (unpaired) electrons. The molecule has 0 spiro atoms. The fourth-order valence-electron chi connectivity index (χ4n) is 2.81. The van der Waals surface area contributed by atoms with Crippen molar-refractivity contribution in [2.24, 2.45) is 0 Å². The summed E-state index contributed by atoms with van der Waals surface area (Å²) in [5.41, 5.74) is 1.22. The molecule has 1 unspecified atom stereocenters. The zero-order valence-corrected chi connectivity index (χ0v) is 15.1. The lowest BCUT2D eigenvalue weighted by Gasteiger charge is -2.18. The molecule has 2 aromatic carbocycles. The van der Waals surface area contributed by atoms with E-state index < -0.39 is 5.92 Å². The van der Waals surface area contributed by atoms with E-state index in [0.717, 1.165) is 0 Å². The lowest BCUT2D eigenvalue weighted by molar-refractivity contribution is -0.117. The van der Waals surface area contributed by atoms with Crippen molar-refractivity contribution >= 4 is 11.6 Å². The third-order valence-electron chi connectivity index (χ3n) is 4.24. The first kappa shape index (κ1) is 18.5. The molecule has 0 aliphatic heterocycles. The molecule has 1 aromatic heterocycles. The highest BCUT2D eigenvalue weighted by molar-refractivity contribution is 5.97. The van der Waals surface area contributed by atoms with Gasteiger partial charge in [0.15, 0.2) is 0 Å². The van der Waals surface area contributed by atoms with Gasteiger partial charge in [-0.05, 0) is 42.0 Å². The maximum atomic E-state index is 13.3. The maximum Gasteiger partial charge on any atom is 0.232 e. The van der Waals surface area contributed by atoms with E-state index in [-0.39, 0.29) is 11.7 Å². The molecule has 3 aromatic rings. The Bertz CT molecular complexity index is 891. The number of carbonyl (C=O) groups excluding carboxylic acids is 1. The zero-order valence-electron chi connectivity index (χ0n) is 15.1. The number of rotatable bonds is 7. The molecule has 140 valence electrons. The number of ether oxygens (including phenoxy) is 2. The van der Waals surface area contributed by atoms with Gasteiger partial charge in [-0.2, -0.15) is 0 Å². The van der Waals surface area contributed by atoms with Crippen LogP contribution in [0, 0.1) is 5.82 Å². The van der Waals surface area contributed by atoms with Gasteiger partial charge in [0.05, 0.1) is 32.1 Å². The molecule has 5 nitrogen and oxygen atoms in total. The molecule has 3 rings (SSSR count). The van der Waals surface area contributed by atoms with Gasteiger partial charge in [0.2, 0.25) is 5.91 Å². The van der Waals surface area contributed by atoms with Crippen LogP contribution < -0.4 is 14.8 Å². The zero-order chi connectivity index (χ0) is 19.2. The first-order valence-corrected chi connectivity index (χ1v) is 8.41.